The van der Waals surface area contributed by atoms with Crippen molar-refractivity contribution in [3.8, 4) is 5.88 Å². The predicted octanol–water partition coefficient (Wildman–Crippen LogP) is 1.04. The minimum Gasteiger partial charge on any atom is -0.481 e. The minimum absolute atomic E-state index is 0.0332. The Kier molecular flexibility index (Phi) is 4.16. The lowest BCUT2D eigenvalue weighted by Crippen LogP contribution is -2.25. The molecule has 19 heavy (non-hydrogen) atoms. The smallest absolute Gasteiger partial charge is 0.311 e. The SMILES string of the molecule is CNCC1CCN(c2nc(OC)ccc2[N+](=O)[O-])C1. The molecule has 0 bridgehead atoms. The Morgan fingerprint density at radius 3 is 3.05 bits per heavy atom. The van der Waals surface area contributed by atoms with Crippen LogP contribution in [0.2, 0.25) is 0 Å². The molecule has 0 spiro atoms. The highest BCUT2D eigenvalue weighted by atomic mass is 16.6. The Morgan fingerprint density at radius 1 is 1.63 bits per heavy atom. The number of methoxy groups -OCH3 is 1. The van der Waals surface area contributed by atoms with Crippen molar-refractivity contribution in [2.24, 2.45) is 5.92 Å². The van der Waals surface area contributed by atoms with E-state index in [1.165, 1.54) is 19.2 Å². The highest BCUT2D eigenvalue weighted by molar-refractivity contribution is 5.59. The molecule has 7 heteroatoms. The molecule has 1 unspecified atom stereocenters. The van der Waals surface area contributed by atoms with Gasteiger partial charge in [0.1, 0.15) is 0 Å². The first kappa shape index (κ1) is 13.5. The number of pyridine rings is 1. The summed E-state index contributed by atoms with van der Waals surface area (Å²) >= 11 is 0. The van der Waals surface area contributed by atoms with Crippen molar-refractivity contribution in [2.45, 2.75) is 6.42 Å². The molecule has 1 aromatic rings. The van der Waals surface area contributed by atoms with E-state index in [9.17, 15) is 10.1 Å². The summed E-state index contributed by atoms with van der Waals surface area (Å²) in [6, 6.07) is 2.97. The van der Waals surface area contributed by atoms with Gasteiger partial charge in [0.2, 0.25) is 11.7 Å². The number of anilines is 1. The quantitative estimate of drug-likeness (QED) is 0.633. The van der Waals surface area contributed by atoms with Crippen LogP contribution in [0.15, 0.2) is 12.1 Å². The Balaban J connectivity index is 2.25. The molecule has 0 amide bonds. The first-order valence-electron chi connectivity index (χ1n) is 6.24. The zero-order valence-electron chi connectivity index (χ0n) is 11.1. The van der Waals surface area contributed by atoms with Gasteiger partial charge in [-0.3, -0.25) is 10.1 Å². The first-order chi connectivity index (χ1) is 9.15. The van der Waals surface area contributed by atoms with Crippen LogP contribution in [0, 0.1) is 16.0 Å². The molecule has 1 aromatic heterocycles. The van der Waals surface area contributed by atoms with Gasteiger partial charge in [0.25, 0.3) is 0 Å². The second-order valence-electron chi connectivity index (χ2n) is 4.61. The van der Waals surface area contributed by atoms with Crippen molar-refractivity contribution in [1.82, 2.24) is 10.3 Å². The van der Waals surface area contributed by atoms with Gasteiger partial charge >= 0.3 is 5.69 Å². The molecule has 1 saturated heterocycles. The van der Waals surface area contributed by atoms with Crippen molar-refractivity contribution in [3.05, 3.63) is 22.2 Å². The van der Waals surface area contributed by atoms with E-state index in [1.54, 1.807) is 0 Å². The molecule has 0 aliphatic carbocycles. The van der Waals surface area contributed by atoms with Crippen molar-refractivity contribution in [1.29, 1.82) is 0 Å². The third kappa shape index (κ3) is 2.93. The fourth-order valence-electron chi connectivity index (χ4n) is 2.39. The van der Waals surface area contributed by atoms with E-state index in [2.05, 4.69) is 10.3 Å². The lowest BCUT2D eigenvalue weighted by Gasteiger charge is -2.17. The second kappa shape index (κ2) is 5.83. The summed E-state index contributed by atoms with van der Waals surface area (Å²) in [4.78, 5) is 16.9. The van der Waals surface area contributed by atoms with Crippen LogP contribution in [0.5, 0.6) is 5.88 Å². The van der Waals surface area contributed by atoms with Crippen LogP contribution in [-0.2, 0) is 0 Å². The summed E-state index contributed by atoms with van der Waals surface area (Å²) in [5.74, 6) is 1.30. The van der Waals surface area contributed by atoms with Gasteiger partial charge in [0.15, 0.2) is 0 Å². The molecule has 2 rings (SSSR count). The summed E-state index contributed by atoms with van der Waals surface area (Å²) in [5, 5.41) is 14.2. The van der Waals surface area contributed by atoms with Crippen LogP contribution < -0.4 is 15.0 Å². The number of ether oxygens (including phenoxy) is 1. The maximum atomic E-state index is 11.1. The predicted molar refractivity (Wildman–Crippen MR) is 71.7 cm³/mol. The summed E-state index contributed by atoms with van der Waals surface area (Å²) in [5.41, 5.74) is 0.0332. The first-order valence-corrected chi connectivity index (χ1v) is 6.24. The fourth-order valence-corrected chi connectivity index (χ4v) is 2.39. The molecular formula is C12H18N4O3. The Hall–Kier alpha value is -1.89. The van der Waals surface area contributed by atoms with Crippen LogP contribution in [-0.4, -0.2) is 43.7 Å². The van der Waals surface area contributed by atoms with E-state index in [0.717, 1.165) is 26.1 Å². The van der Waals surface area contributed by atoms with Crippen molar-refractivity contribution >= 4 is 11.5 Å². The highest BCUT2D eigenvalue weighted by Gasteiger charge is 2.28. The van der Waals surface area contributed by atoms with Gasteiger partial charge in [-0.05, 0) is 25.9 Å². The molecule has 1 fully saturated rings. The summed E-state index contributed by atoms with van der Waals surface area (Å²) < 4.78 is 5.05. The molecule has 1 aliphatic rings. The van der Waals surface area contributed by atoms with E-state index in [1.807, 2.05) is 11.9 Å². The molecule has 0 aromatic carbocycles. The molecule has 7 nitrogen and oxygen atoms in total. The minimum atomic E-state index is -0.396. The van der Waals surface area contributed by atoms with E-state index in [-0.39, 0.29) is 5.69 Å². The number of hydrogen-bond acceptors (Lipinski definition) is 6. The number of nitro groups is 1. The maximum absolute atomic E-state index is 11.1. The molecule has 0 saturated carbocycles. The van der Waals surface area contributed by atoms with E-state index in [0.29, 0.717) is 17.6 Å². The van der Waals surface area contributed by atoms with Crippen LogP contribution in [0.25, 0.3) is 0 Å². The molecular weight excluding hydrogens is 248 g/mol. The van der Waals surface area contributed by atoms with Gasteiger partial charge in [-0.15, -0.1) is 0 Å². The van der Waals surface area contributed by atoms with Gasteiger partial charge in [0.05, 0.1) is 12.0 Å². The van der Waals surface area contributed by atoms with Crippen LogP contribution in [0.1, 0.15) is 6.42 Å². The van der Waals surface area contributed by atoms with Gasteiger partial charge < -0.3 is 15.0 Å². The average Bonchev–Trinajstić information content (AvgIpc) is 2.87. The van der Waals surface area contributed by atoms with Gasteiger partial charge in [-0.2, -0.15) is 4.98 Å². The number of aromatic nitrogens is 1. The van der Waals surface area contributed by atoms with Gasteiger partial charge in [-0.1, -0.05) is 0 Å². The Morgan fingerprint density at radius 2 is 2.42 bits per heavy atom. The highest BCUT2D eigenvalue weighted by Crippen LogP contribution is 2.31. The molecule has 1 atom stereocenters. The van der Waals surface area contributed by atoms with E-state index >= 15 is 0 Å². The number of nitrogens with one attached hydrogen (secondary N) is 1. The van der Waals surface area contributed by atoms with Crippen molar-refractivity contribution in [3.63, 3.8) is 0 Å². The third-order valence-electron chi connectivity index (χ3n) is 3.31. The number of hydrogen-bond donors (Lipinski definition) is 1. The molecule has 1 N–H and O–H groups in total. The topological polar surface area (TPSA) is 80.5 Å². The zero-order valence-corrected chi connectivity index (χ0v) is 11.1. The Labute approximate surface area is 111 Å². The summed E-state index contributed by atoms with van der Waals surface area (Å²) in [6.07, 6.45) is 1.01. The van der Waals surface area contributed by atoms with Gasteiger partial charge in [-0.25, -0.2) is 0 Å². The standard InChI is InChI=1S/C12H18N4O3/c1-13-7-9-5-6-15(8-9)12-10(16(17)18)3-4-11(14-12)19-2/h3-4,9,13H,5-8H2,1-2H3. The average molecular weight is 266 g/mol. The largest absolute Gasteiger partial charge is 0.481 e. The molecule has 0 radical (unpaired) electrons. The molecule has 1 aliphatic heterocycles. The normalized spacial score (nSPS) is 18.6. The lowest BCUT2D eigenvalue weighted by molar-refractivity contribution is -0.384. The summed E-state index contributed by atoms with van der Waals surface area (Å²) in [6.45, 7) is 2.48. The van der Waals surface area contributed by atoms with Crippen LogP contribution in [0.4, 0.5) is 11.5 Å². The Bertz CT molecular complexity index is 466. The van der Waals surface area contributed by atoms with Crippen molar-refractivity contribution in [2.75, 3.05) is 38.7 Å². The van der Waals surface area contributed by atoms with E-state index < -0.39 is 4.92 Å². The van der Waals surface area contributed by atoms with Crippen molar-refractivity contribution < 1.29 is 9.66 Å². The van der Waals surface area contributed by atoms with E-state index in [4.69, 9.17) is 4.74 Å². The lowest BCUT2D eigenvalue weighted by atomic mass is 10.1. The molecule has 2 heterocycles. The second-order valence-corrected chi connectivity index (χ2v) is 4.61. The summed E-state index contributed by atoms with van der Waals surface area (Å²) in [7, 11) is 3.42. The maximum Gasteiger partial charge on any atom is 0.311 e. The zero-order chi connectivity index (χ0) is 13.8. The number of nitrogens with zero attached hydrogens (tertiary/aromatic N) is 3. The number of rotatable bonds is 5. The van der Waals surface area contributed by atoms with Crippen LogP contribution in [0.3, 0.4) is 0 Å². The molecule has 104 valence electrons. The monoisotopic (exact) mass is 266 g/mol. The van der Waals surface area contributed by atoms with Crippen LogP contribution >= 0.6 is 0 Å². The van der Waals surface area contributed by atoms with Gasteiger partial charge in [0, 0.05) is 25.2 Å². The third-order valence-corrected chi connectivity index (χ3v) is 3.31. The fraction of sp³-hybridized carbons (Fsp3) is 0.583.